The third kappa shape index (κ3) is 0.653. The fraction of sp³-hybridized carbons (Fsp3) is 0.800. The Morgan fingerprint density at radius 1 is 1.71 bits per heavy atom. The Morgan fingerprint density at radius 3 is 2.14 bits per heavy atom. The largest absolute Gasteiger partial charge is 0.303 e. The minimum Gasteiger partial charge on any atom is -0.303 e. The van der Waals surface area contributed by atoms with E-state index in [-0.39, 0.29) is 11.3 Å². The van der Waals surface area contributed by atoms with Crippen molar-refractivity contribution in [1.29, 1.82) is 0 Å². The summed E-state index contributed by atoms with van der Waals surface area (Å²) in [6.07, 6.45) is 0.933. The van der Waals surface area contributed by atoms with Crippen LogP contribution in [0.4, 0.5) is 0 Å². The molecule has 1 fully saturated rings. The average Bonchev–Trinajstić information content (AvgIpc) is 2.17. The standard InChI is InChI=1S/C5H7ClO/c1-3-4(2-7)5(3)6/h2-5H,1H3. The summed E-state index contributed by atoms with van der Waals surface area (Å²) >= 11 is 5.57. The van der Waals surface area contributed by atoms with E-state index in [0.29, 0.717) is 5.92 Å². The van der Waals surface area contributed by atoms with Gasteiger partial charge >= 0.3 is 0 Å². The van der Waals surface area contributed by atoms with E-state index < -0.39 is 0 Å². The lowest BCUT2D eigenvalue weighted by atomic mass is 10.4. The normalized spacial score (nSPS) is 48.6. The summed E-state index contributed by atoms with van der Waals surface area (Å²) in [5.41, 5.74) is 0. The van der Waals surface area contributed by atoms with Crippen LogP contribution in [0, 0.1) is 11.8 Å². The second-order valence-corrected chi connectivity index (χ2v) is 2.52. The van der Waals surface area contributed by atoms with Gasteiger partial charge in [-0.25, -0.2) is 0 Å². The molecular formula is C5H7ClO. The van der Waals surface area contributed by atoms with Crippen molar-refractivity contribution in [3.8, 4) is 0 Å². The fourth-order valence-electron chi connectivity index (χ4n) is 0.642. The maximum absolute atomic E-state index is 9.90. The maximum atomic E-state index is 9.90. The van der Waals surface area contributed by atoms with Crippen LogP contribution < -0.4 is 0 Å². The highest BCUT2D eigenvalue weighted by Crippen LogP contribution is 2.41. The smallest absolute Gasteiger partial charge is 0.124 e. The van der Waals surface area contributed by atoms with Crippen molar-refractivity contribution in [3.63, 3.8) is 0 Å². The molecule has 1 nitrogen and oxygen atoms in total. The molecule has 0 aromatic rings. The molecule has 1 aliphatic carbocycles. The quantitative estimate of drug-likeness (QED) is 0.372. The van der Waals surface area contributed by atoms with Crippen molar-refractivity contribution in [2.75, 3.05) is 0 Å². The molecule has 0 N–H and O–H groups in total. The molecule has 0 aromatic heterocycles. The Hall–Kier alpha value is -0.0400. The molecular weight excluding hydrogens is 112 g/mol. The first-order chi connectivity index (χ1) is 3.27. The van der Waals surface area contributed by atoms with Gasteiger partial charge in [0, 0.05) is 11.3 Å². The van der Waals surface area contributed by atoms with E-state index in [9.17, 15) is 4.79 Å². The van der Waals surface area contributed by atoms with E-state index in [4.69, 9.17) is 11.6 Å². The molecule has 2 heteroatoms. The van der Waals surface area contributed by atoms with Gasteiger partial charge in [-0.2, -0.15) is 0 Å². The van der Waals surface area contributed by atoms with E-state index in [1.165, 1.54) is 0 Å². The number of aldehydes is 1. The number of rotatable bonds is 1. The molecule has 0 aromatic carbocycles. The SMILES string of the molecule is CC1C(Cl)C1C=O. The zero-order valence-corrected chi connectivity index (χ0v) is 4.85. The summed E-state index contributed by atoms with van der Waals surface area (Å²) in [4.78, 5) is 9.90. The van der Waals surface area contributed by atoms with Gasteiger partial charge in [0.05, 0.1) is 0 Å². The Morgan fingerprint density at radius 2 is 2.14 bits per heavy atom. The summed E-state index contributed by atoms with van der Waals surface area (Å²) < 4.78 is 0. The molecule has 40 valence electrons. The van der Waals surface area contributed by atoms with E-state index >= 15 is 0 Å². The third-order valence-corrected chi connectivity index (χ3v) is 2.18. The summed E-state index contributed by atoms with van der Waals surface area (Å²) in [6, 6.07) is 0. The van der Waals surface area contributed by atoms with Crippen LogP contribution in [0.1, 0.15) is 6.92 Å². The van der Waals surface area contributed by atoms with Crippen molar-refractivity contribution < 1.29 is 4.79 Å². The highest BCUT2D eigenvalue weighted by atomic mass is 35.5. The molecule has 1 rings (SSSR count). The first kappa shape index (κ1) is 5.10. The highest BCUT2D eigenvalue weighted by molar-refractivity contribution is 6.24. The van der Waals surface area contributed by atoms with Crippen molar-refractivity contribution in [2.45, 2.75) is 12.3 Å². The van der Waals surface area contributed by atoms with Gasteiger partial charge in [0.2, 0.25) is 0 Å². The predicted octanol–water partition coefficient (Wildman–Crippen LogP) is 1.06. The average molecular weight is 119 g/mol. The van der Waals surface area contributed by atoms with Gasteiger partial charge in [-0.1, -0.05) is 6.92 Å². The topological polar surface area (TPSA) is 17.1 Å². The van der Waals surface area contributed by atoms with Crippen LogP contribution in [-0.2, 0) is 4.79 Å². The van der Waals surface area contributed by atoms with Gasteiger partial charge in [0.1, 0.15) is 6.29 Å². The summed E-state index contributed by atoms with van der Waals surface area (Å²) in [6.45, 7) is 1.98. The summed E-state index contributed by atoms with van der Waals surface area (Å²) in [7, 11) is 0. The Balaban J connectivity index is 2.37. The predicted molar refractivity (Wildman–Crippen MR) is 28.4 cm³/mol. The molecule has 1 aliphatic rings. The second kappa shape index (κ2) is 1.48. The lowest BCUT2D eigenvalue weighted by Crippen LogP contribution is -1.76. The molecule has 3 atom stereocenters. The highest BCUT2D eigenvalue weighted by Gasteiger charge is 2.44. The number of hydrogen-bond donors (Lipinski definition) is 0. The molecule has 0 amide bonds. The van der Waals surface area contributed by atoms with Crippen LogP contribution in [0.25, 0.3) is 0 Å². The van der Waals surface area contributed by atoms with Crippen molar-refractivity contribution in [2.24, 2.45) is 11.8 Å². The van der Waals surface area contributed by atoms with Crippen LogP contribution in [0.15, 0.2) is 0 Å². The number of halogens is 1. The van der Waals surface area contributed by atoms with E-state index in [1.54, 1.807) is 0 Å². The molecule has 7 heavy (non-hydrogen) atoms. The van der Waals surface area contributed by atoms with Crippen molar-refractivity contribution >= 4 is 17.9 Å². The molecule has 0 heterocycles. The van der Waals surface area contributed by atoms with Crippen molar-refractivity contribution in [1.82, 2.24) is 0 Å². The Labute approximate surface area is 47.7 Å². The van der Waals surface area contributed by atoms with Gasteiger partial charge in [0.25, 0.3) is 0 Å². The zero-order chi connectivity index (χ0) is 5.44. The molecule has 0 radical (unpaired) electrons. The molecule has 0 aliphatic heterocycles. The molecule has 0 bridgehead atoms. The van der Waals surface area contributed by atoms with Crippen LogP contribution >= 0.6 is 11.6 Å². The zero-order valence-electron chi connectivity index (χ0n) is 4.10. The molecule has 3 unspecified atom stereocenters. The Kier molecular flexibility index (Phi) is 1.08. The maximum Gasteiger partial charge on any atom is 0.124 e. The minimum atomic E-state index is 0.137. The van der Waals surface area contributed by atoms with E-state index in [2.05, 4.69) is 0 Å². The van der Waals surface area contributed by atoms with Crippen LogP contribution in [0.3, 0.4) is 0 Å². The number of carbonyl (C=O) groups excluding carboxylic acids is 1. The molecule has 0 saturated heterocycles. The third-order valence-electron chi connectivity index (χ3n) is 1.49. The van der Waals surface area contributed by atoms with E-state index in [1.807, 2.05) is 6.92 Å². The Bertz CT molecular complexity index is 84.1. The fourth-order valence-corrected chi connectivity index (χ4v) is 1.01. The molecule has 1 saturated carbocycles. The number of alkyl halides is 1. The summed E-state index contributed by atoms with van der Waals surface area (Å²) in [5, 5.41) is 0.137. The van der Waals surface area contributed by atoms with Crippen LogP contribution in [0.5, 0.6) is 0 Å². The van der Waals surface area contributed by atoms with Crippen LogP contribution in [-0.4, -0.2) is 11.7 Å². The van der Waals surface area contributed by atoms with Gasteiger partial charge in [-0.3, -0.25) is 0 Å². The van der Waals surface area contributed by atoms with Crippen LogP contribution in [0.2, 0.25) is 0 Å². The van der Waals surface area contributed by atoms with Gasteiger partial charge in [-0.05, 0) is 5.92 Å². The lowest BCUT2D eigenvalue weighted by Gasteiger charge is -1.66. The minimum absolute atomic E-state index is 0.137. The summed E-state index contributed by atoms with van der Waals surface area (Å²) in [5.74, 6) is 0.584. The monoisotopic (exact) mass is 118 g/mol. The van der Waals surface area contributed by atoms with E-state index in [0.717, 1.165) is 6.29 Å². The van der Waals surface area contributed by atoms with Gasteiger partial charge < -0.3 is 4.79 Å². The lowest BCUT2D eigenvalue weighted by molar-refractivity contribution is -0.109. The number of carbonyl (C=O) groups is 1. The number of hydrogen-bond acceptors (Lipinski definition) is 1. The molecule has 0 spiro atoms. The van der Waals surface area contributed by atoms with Gasteiger partial charge in [-0.15, -0.1) is 11.6 Å². The second-order valence-electron chi connectivity index (χ2n) is 2.02. The van der Waals surface area contributed by atoms with Crippen molar-refractivity contribution in [3.05, 3.63) is 0 Å². The van der Waals surface area contributed by atoms with Gasteiger partial charge in [0.15, 0.2) is 0 Å². The first-order valence-corrected chi connectivity index (χ1v) is 2.80. The first-order valence-electron chi connectivity index (χ1n) is 2.36.